The van der Waals surface area contributed by atoms with Gasteiger partial charge in [0.05, 0.1) is 0 Å². The first-order valence-electron chi connectivity index (χ1n) is 7.01. The molecule has 0 amide bonds. The summed E-state index contributed by atoms with van der Waals surface area (Å²) in [5.74, 6) is -1.53. The number of nitrogens with one attached hydrogen (secondary N) is 2. The minimum atomic E-state index is -2.68. The summed E-state index contributed by atoms with van der Waals surface area (Å²) < 4.78 is 41.9. The van der Waals surface area contributed by atoms with Crippen molar-refractivity contribution in [3.63, 3.8) is 0 Å². The highest BCUT2D eigenvalue weighted by molar-refractivity contribution is 5.79. The van der Waals surface area contributed by atoms with E-state index in [2.05, 4.69) is 10.3 Å². The third-order valence-corrected chi connectivity index (χ3v) is 1.53. The number of nitrogens with two attached hydrogens (primary N) is 1. The van der Waals surface area contributed by atoms with Crippen LogP contribution < -0.4 is 16.4 Å². The maximum Gasteiger partial charge on any atom is 0.320 e. The zero-order valence-corrected chi connectivity index (χ0v) is 7.58. The molecule has 0 aliphatic rings. The van der Waals surface area contributed by atoms with E-state index < -0.39 is 31.9 Å². The van der Waals surface area contributed by atoms with Gasteiger partial charge in [-0.3, -0.25) is 9.79 Å². The third kappa shape index (κ3) is 5.36. The van der Waals surface area contributed by atoms with Crippen molar-refractivity contribution in [2.45, 2.75) is 18.9 Å². The Morgan fingerprint density at radius 1 is 1.79 bits per heavy atom. The van der Waals surface area contributed by atoms with Crippen molar-refractivity contribution in [3.05, 3.63) is 0 Å². The van der Waals surface area contributed by atoms with E-state index in [9.17, 15) is 4.79 Å². The van der Waals surface area contributed by atoms with Crippen LogP contribution in [0, 0.1) is 0 Å². The van der Waals surface area contributed by atoms with Gasteiger partial charge in [-0.15, -0.1) is 0 Å². The van der Waals surface area contributed by atoms with E-state index in [1.807, 2.05) is 5.32 Å². The van der Waals surface area contributed by atoms with Gasteiger partial charge in [-0.2, -0.15) is 0 Å². The van der Waals surface area contributed by atoms with Gasteiger partial charge in [0, 0.05) is 28.7 Å². The molecule has 82 valence electrons. The monoisotopic (exact) mass is 208 g/mol. The molecule has 6 heteroatoms. The van der Waals surface area contributed by atoms with Gasteiger partial charge in [-0.05, 0) is 12.8 Å². The van der Waals surface area contributed by atoms with Gasteiger partial charge in [0.25, 0.3) is 0 Å². The molecule has 0 fully saturated rings. The summed E-state index contributed by atoms with van der Waals surface area (Å²) in [5.41, 5.74) is 5.28. The van der Waals surface area contributed by atoms with E-state index in [4.69, 9.17) is 19.1 Å². The van der Waals surface area contributed by atoms with Crippen LogP contribution in [0.15, 0.2) is 4.99 Å². The molecule has 5 N–H and O–H groups in total. The summed E-state index contributed by atoms with van der Waals surface area (Å²) in [6.07, 6.45) is 0.479. The lowest BCUT2D eigenvalue weighted by Crippen LogP contribution is -2.36. The van der Waals surface area contributed by atoms with Gasteiger partial charge >= 0.3 is 5.97 Å². The van der Waals surface area contributed by atoms with Crippen LogP contribution in [0.2, 0.25) is 0 Å². The molecule has 0 heterocycles. The standard InChI is InChI=1S/C8H18N4O2/c1-10-8(11-2)12-5-3-4-6(9)7(13)14/h6H,3-5,9H2,1-2H3,(H,13,14)(H2,10,11,12)/i1D3,2D3. The summed E-state index contributed by atoms with van der Waals surface area (Å²) in [5, 5.41) is 13.0. The number of aliphatic imine (C=N–C) groups is 1. The Hall–Kier alpha value is -1.30. The van der Waals surface area contributed by atoms with Crippen LogP contribution in [0.1, 0.15) is 21.1 Å². The second kappa shape index (κ2) is 7.14. The minimum absolute atomic E-state index is 0.138. The lowest BCUT2D eigenvalue weighted by molar-refractivity contribution is -0.138. The molecule has 0 aromatic heterocycles. The Labute approximate surface area is 92.0 Å². The maximum absolute atomic E-state index is 10.5. The SMILES string of the molecule is [2H]C([2H])([2H])/N=C(/NCCCC(N)C(=O)O)NC([2H])([2H])[2H]. The molecule has 14 heavy (non-hydrogen) atoms. The highest BCUT2D eigenvalue weighted by Gasteiger charge is 2.09. The molecule has 0 saturated carbocycles. The largest absolute Gasteiger partial charge is 0.480 e. The summed E-state index contributed by atoms with van der Waals surface area (Å²) >= 11 is 0. The number of carboxylic acid groups (broad SMARTS) is 1. The van der Waals surface area contributed by atoms with Gasteiger partial charge in [-0.25, -0.2) is 0 Å². The third-order valence-electron chi connectivity index (χ3n) is 1.53. The molecule has 0 aliphatic heterocycles. The predicted molar refractivity (Wildman–Crippen MR) is 55.3 cm³/mol. The van der Waals surface area contributed by atoms with Crippen molar-refractivity contribution in [2.75, 3.05) is 20.5 Å². The molecule has 0 aromatic carbocycles. The molecule has 1 atom stereocenters. The molecule has 0 radical (unpaired) electrons. The van der Waals surface area contributed by atoms with Gasteiger partial charge in [0.15, 0.2) is 5.96 Å². The zero-order chi connectivity index (χ0) is 16.0. The molecule has 0 aromatic rings. The molecule has 0 rings (SSSR count). The quantitative estimate of drug-likeness (QED) is 0.263. The Balaban J connectivity index is 4.39. The Morgan fingerprint density at radius 2 is 2.57 bits per heavy atom. The number of guanidine groups is 1. The van der Waals surface area contributed by atoms with Gasteiger partial charge < -0.3 is 21.5 Å². The fourth-order valence-electron chi connectivity index (χ4n) is 0.764. The van der Waals surface area contributed by atoms with E-state index in [1.165, 1.54) is 0 Å². The molecular weight excluding hydrogens is 184 g/mol. The highest BCUT2D eigenvalue weighted by Crippen LogP contribution is 1.92. The number of hydrogen-bond acceptors (Lipinski definition) is 3. The van der Waals surface area contributed by atoms with Crippen LogP contribution in [0.3, 0.4) is 0 Å². The fourth-order valence-corrected chi connectivity index (χ4v) is 0.764. The molecule has 1 unspecified atom stereocenters. The van der Waals surface area contributed by atoms with E-state index in [0.29, 0.717) is 6.42 Å². The second-order valence-electron chi connectivity index (χ2n) is 2.60. The fraction of sp³-hybridized carbons (Fsp3) is 0.750. The average Bonchev–Trinajstić information content (AvgIpc) is 2.18. The molecule has 0 aliphatic carbocycles. The van der Waals surface area contributed by atoms with Crippen molar-refractivity contribution >= 4 is 11.9 Å². The summed E-state index contributed by atoms with van der Waals surface area (Å²) in [6.45, 7) is -5.13. The van der Waals surface area contributed by atoms with Crippen LogP contribution in [0.5, 0.6) is 0 Å². The van der Waals surface area contributed by atoms with Crippen molar-refractivity contribution in [3.8, 4) is 0 Å². The molecule has 0 saturated heterocycles. The van der Waals surface area contributed by atoms with Gasteiger partial charge in [-0.1, -0.05) is 0 Å². The average molecular weight is 208 g/mol. The summed E-state index contributed by atoms with van der Waals surface area (Å²) in [4.78, 5) is 13.7. The maximum atomic E-state index is 10.5. The lowest BCUT2D eigenvalue weighted by atomic mass is 10.2. The van der Waals surface area contributed by atoms with Crippen LogP contribution in [-0.2, 0) is 4.79 Å². The zero-order valence-electron chi connectivity index (χ0n) is 13.6. The molecular formula is C8H18N4O2. The second-order valence-corrected chi connectivity index (χ2v) is 2.60. The Morgan fingerprint density at radius 3 is 3.14 bits per heavy atom. The highest BCUT2D eigenvalue weighted by atomic mass is 16.4. The first-order chi connectivity index (χ1) is 8.91. The molecule has 6 nitrogen and oxygen atoms in total. The first kappa shape index (κ1) is 5.55. The topological polar surface area (TPSA) is 99.7 Å². The number of hydrogen-bond donors (Lipinski definition) is 4. The summed E-state index contributed by atoms with van der Waals surface area (Å²) in [6, 6.07) is -1.02. The van der Waals surface area contributed by atoms with Crippen LogP contribution >= 0.6 is 0 Å². The molecule has 0 bridgehead atoms. The van der Waals surface area contributed by atoms with E-state index in [-0.39, 0.29) is 13.0 Å². The number of aliphatic carboxylic acids is 1. The predicted octanol–water partition coefficient (Wildman–Crippen LogP) is -1.03. The number of carboxylic acids is 1. The van der Waals surface area contributed by atoms with Crippen LogP contribution in [-0.4, -0.2) is 43.6 Å². The minimum Gasteiger partial charge on any atom is -0.480 e. The van der Waals surface area contributed by atoms with Gasteiger partial charge in [0.1, 0.15) is 6.04 Å². The Bertz CT molecular complexity index is 354. The van der Waals surface area contributed by atoms with E-state index in [0.717, 1.165) is 0 Å². The number of rotatable bonds is 5. The molecule has 0 spiro atoms. The van der Waals surface area contributed by atoms with Gasteiger partial charge in [0.2, 0.25) is 0 Å². The van der Waals surface area contributed by atoms with Crippen LogP contribution in [0.25, 0.3) is 0 Å². The van der Waals surface area contributed by atoms with Crippen molar-refractivity contribution < 1.29 is 18.1 Å². The van der Waals surface area contributed by atoms with Crippen molar-refractivity contribution in [2.24, 2.45) is 10.7 Å². The number of nitrogens with zero attached hydrogens (tertiary/aromatic N) is 1. The number of carbonyl (C=O) groups is 1. The normalized spacial score (nSPS) is 21.6. The Kier molecular flexibility index (Phi) is 2.83. The summed E-state index contributed by atoms with van der Waals surface area (Å²) in [7, 11) is 0. The van der Waals surface area contributed by atoms with Crippen LogP contribution in [0.4, 0.5) is 0 Å². The lowest BCUT2D eigenvalue weighted by Gasteiger charge is -2.09. The van der Waals surface area contributed by atoms with Crippen molar-refractivity contribution in [1.82, 2.24) is 10.6 Å². The first-order valence-corrected chi connectivity index (χ1v) is 4.01. The van der Waals surface area contributed by atoms with Crippen molar-refractivity contribution in [1.29, 1.82) is 0 Å². The smallest absolute Gasteiger partial charge is 0.320 e. The van der Waals surface area contributed by atoms with E-state index >= 15 is 0 Å². The van der Waals surface area contributed by atoms with E-state index in [1.54, 1.807) is 0 Å².